The lowest BCUT2D eigenvalue weighted by molar-refractivity contribution is 0.143. The predicted octanol–water partition coefficient (Wildman–Crippen LogP) is 2.48. The van der Waals surface area contributed by atoms with Gasteiger partial charge >= 0.3 is 0 Å². The maximum absolute atomic E-state index is 9.21. The molecule has 1 saturated heterocycles. The average Bonchev–Trinajstić information content (AvgIpc) is 2.39. The van der Waals surface area contributed by atoms with Crippen molar-refractivity contribution in [2.24, 2.45) is 5.92 Å². The van der Waals surface area contributed by atoms with Crippen LogP contribution in [0.4, 0.5) is 5.69 Å². The van der Waals surface area contributed by atoms with Gasteiger partial charge in [-0.1, -0.05) is 12.2 Å². The molecule has 1 fully saturated rings. The molecule has 2 heterocycles. The van der Waals surface area contributed by atoms with Gasteiger partial charge < -0.3 is 14.6 Å². The van der Waals surface area contributed by atoms with E-state index in [0.717, 1.165) is 31.8 Å². The van der Waals surface area contributed by atoms with Crippen LogP contribution in [0.3, 0.4) is 0 Å². The van der Waals surface area contributed by atoms with E-state index in [2.05, 4.69) is 16.0 Å². The van der Waals surface area contributed by atoms with Crippen LogP contribution in [0.1, 0.15) is 18.4 Å². The van der Waals surface area contributed by atoms with Crippen molar-refractivity contribution in [2.75, 3.05) is 31.7 Å². The number of H-pyrrole nitrogens is 1. The van der Waals surface area contributed by atoms with E-state index in [1.54, 1.807) is 13.3 Å². The number of aromatic amines is 1. The fourth-order valence-corrected chi connectivity index (χ4v) is 2.71. The molecule has 4 nitrogen and oxygen atoms in total. The van der Waals surface area contributed by atoms with Gasteiger partial charge in [0, 0.05) is 26.4 Å². The number of hydrogen-bond donors (Lipinski definition) is 1. The summed E-state index contributed by atoms with van der Waals surface area (Å²) in [4.78, 5) is 5.15. The second kappa shape index (κ2) is 5.98. The van der Waals surface area contributed by atoms with Crippen LogP contribution >= 0.6 is 12.2 Å². The van der Waals surface area contributed by atoms with Crippen LogP contribution in [-0.2, 0) is 4.74 Å². The molecular formula is C13H17N3OS. The Morgan fingerprint density at radius 2 is 2.50 bits per heavy atom. The lowest BCUT2D eigenvalue weighted by Gasteiger charge is -2.34. The summed E-state index contributed by atoms with van der Waals surface area (Å²) in [5, 5.41) is 9.21. The van der Waals surface area contributed by atoms with Crippen LogP contribution in [0, 0.1) is 21.9 Å². The Morgan fingerprint density at radius 1 is 1.67 bits per heavy atom. The summed E-state index contributed by atoms with van der Waals surface area (Å²) in [6.07, 6.45) is 4.12. The number of anilines is 1. The molecule has 0 amide bonds. The Bertz CT molecular complexity index is 504. The molecule has 2 rings (SSSR count). The number of aromatic nitrogens is 1. The minimum Gasteiger partial charge on any atom is -0.384 e. The third-order valence-electron chi connectivity index (χ3n) is 3.31. The fraction of sp³-hybridized carbons (Fsp3) is 0.538. The standard InChI is InChI=1S/C13H17N3OS/c1-17-9-10-3-2-6-16(8-10)12-4-5-15-13(18)11(12)7-14/h4-5,10H,2-3,6,8-9H2,1H3,(H,15,18)/t10-/m0/s1. The summed E-state index contributed by atoms with van der Waals surface area (Å²) in [5.74, 6) is 0.535. The van der Waals surface area contributed by atoms with Crippen molar-refractivity contribution in [3.05, 3.63) is 22.5 Å². The third kappa shape index (κ3) is 2.71. The molecule has 0 aliphatic carbocycles. The number of nitrogens with one attached hydrogen (secondary N) is 1. The van der Waals surface area contributed by atoms with Gasteiger partial charge in [-0.05, 0) is 24.8 Å². The molecule has 1 aliphatic heterocycles. The molecule has 0 saturated carbocycles. The van der Waals surface area contributed by atoms with E-state index in [0.29, 0.717) is 16.1 Å². The molecule has 0 aromatic carbocycles. The second-order valence-electron chi connectivity index (χ2n) is 4.59. The number of methoxy groups -OCH3 is 1. The number of nitrogens with zero attached hydrogens (tertiary/aromatic N) is 2. The molecule has 96 valence electrons. The molecule has 0 radical (unpaired) electrons. The van der Waals surface area contributed by atoms with Gasteiger partial charge in [-0.3, -0.25) is 0 Å². The van der Waals surface area contributed by atoms with Crippen molar-refractivity contribution in [3.63, 3.8) is 0 Å². The van der Waals surface area contributed by atoms with Gasteiger partial charge in [-0.15, -0.1) is 0 Å². The fourth-order valence-electron chi connectivity index (χ4n) is 2.50. The van der Waals surface area contributed by atoms with Crippen molar-refractivity contribution in [1.82, 2.24) is 4.98 Å². The number of hydrogen-bond acceptors (Lipinski definition) is 4. The van der Waals surface area contributed by atoms with Gasteiger partial charge in [-0.2, -0.15) is 5.26 Å². The Balaban J connectivity index is 2.24. The SMILES string of the molecule is COC[C@H]1CCCN(c2cc[nH]c(=S)c2C#N)C1. The molecular weight excluding hydrogens is 246 g/mol. The summed E-state index contributed by atoms with van der Waals surface area (Å²) in [6.45, 7) is 2.69. The van der Waals surface area contributed by atoms with E-state index in [1.165, 1.54) is 6.42 Å². The van der Waals surface area contributed by atoms with Crippen LogP contribution in [0.15, 0.2) is 12.3 Å². The molecule has 1 aromatic rings. The first kappa shape index (κ1) is 13.1. The Labute approximate surface area is 112 Å². The summed E-state index contributed by atoms with van der Waals surface area (Å²) in [6, 6.07) is 4.13. The zero-order valence-electron chi connectivity index (χ0n) is 10.5. The highest BCUT2D eigenvalue weighted by molar-refractivity contribution is 7.71. The first-order valence-corrected chi connectivity index (χ1v) is 6.52. The van der Waals surface area contributed by atoms with Crippen molar-refractivity contribution in [1.29, 1.82) is 5.26 Å². The van der Waals surface area contributed by atoms with Crippen molar-refractivity contribution in [2.45, 2.75) is 12.8 Å². The summed E-state index contributed by atoms with van der Waals surface area (Å²) in [5.41, 5.74) is 1.52. The summed E-state index contributed by atoms with van der Waals surface area (Å²) < 4.78 is 5.74. The van der Waals surface area contributed by atoms with E-state index >= 15 is 0 Å². The molecule has 1 N–H and O–H groups in total. The van der Waals surface area contributed by atoms with Crippen LogP contribution in [0.5, 0.6) is 0 Å². The zero-order chi connectivity index (χ0) is 13.0. The number of ether oxygens (including phenoxy) is 1. The molecule has 5 heteroatoms. The summed E-state index contributed by atoms with van der Waals surface area (Å²) >= 11 is 5.16. The van der Waals surface area contributed by atoms with Gasteiger partial charge in [0.15, 0.2) is 0 Å². The average molecular weight is 263 g/mol. The minimum absolute atomic E-state index is 0.517. The molecule has 0 spiro atoms. The van der Waals surface area contributed by atoms with Crippen LogP contribution in [0.2, 0.25) is 0 Å². The van der Waals surface area contributed by atoms with Gasteiger partial charge in [0.05, 0.1) is 12.3 Å². The van der Waals surface area contributed by atoms with Gasteiger partial charge in [0.1, 0.15) is 16.3 Å². The maximum atomic E-state index is 9.21. The van der Waals surface area contributed by atoms with Crippen molar-refractivity contribution in [3.8, 4) is 6.07 Å². The summed E-state index contributed by atoms with van der Waals surface area (Å²) in [7, 11) is 1.73. The monoisotopic (exact) mass is 263 g/mol. The highest BCUT2D eigenvalue weighted by Gasteiger charge is 2.22. The van der Waals surface area contributed by atoms with E-state index < -0.39 is 0 Å². The van der Waals surface area contributed by atoms with Crippen LogP contribution in [-0.4, -0.2) is 31.8 Å². The van der Waals surface area contributed by atoms with Crippen LogP contribution < -0.4 is 4.90 Å². The first-order valence-electron chi connectivity index (χ1n) is 6.12. The van der Waals surface area contributed by atoms with E-state index in [9.17, 15) is 5.26 Å². The molecule has 0 bridgehead atoms. The second-order valence-corrected chi connectivity index (χ2v) is 5.00. The molecule has 0 unspecified atom stereocenters. The predicted molar refractivity (Wildman–Crippen MR) is 73.2 cm³/mol. The Morgan fingerprint density at radius 3 is 3.22 bits per heavy atom. The quantitative estimate of drug-likeness (QED) is 0.851. The highest BCUT2D eigenvalue weighted by Crippen LogP contribution is 2.26. The van der Waals surface area contributed by atoms with E-state index in [4.69, 9.17) is 17.0 Å². The Kier molecular flexibility index (Phi) is 4.34. The zero-order valence-corrected chi connectivity index (χ0v) is 11.3. The Hall–Kier alpha value is -1.38. The number of nitriles is 1. The lowest BCUT2D eigenvalue weighted by Crippen LogP contribution is -2.37. The molecule has 1 aliphatic rings. The smallest absolute Gasteiger partial charge is 0.123 e. The maximum Gasteiger partial charge on any atom is 0.123 e. The minimum atomic E-state index is 0.517. The van der Waals surface area contributed by atoms with Gasteiger partial charge in [0.2, 0.25) is 0 Å². The molecule has 18 heavy (non-hydrogen) atoms. The van der Waals surface area contributed by atoms with Gasteiger partial charge in [-0.25, -0.2) is 0 Å². The number of pyridine rings is 1. The van der Waals surface area contributed by atoms with E-state index in [1.807, 2.05) is 6.07 Å². The highest BCUT2D eigenvalue weighted by atomic mass is 32.1. The topological polar surface area (TPSA) is 52.0 Å². The van der Waals surface area contributed by atoms with E-state index in [-0.39, 0.29) is 0 Å². The van der Waals surface area contributed by atoms with Crippen LogP contribution in [0.25, 0.3) is 0 Å². The van der Waals surface area contributed by atoms with Gasteiger partial charge in [0.25, 0.3) is 0 Å². The molecule has 1 aromatic heterocycles. The lowest BCUT2D eigenvalue weighted by atomic mass is 9.98. The number of piperidine rings is 1. The normalized spacial score (nSPS) is 19.6. The van der Waals surface area contributed by atoms with Crippen molar-refractivity contribution < 1.29 is 4.74 Å². The van der Waals surface area contributed by atoms with Crippen molar-refractivity contribution >= 4 is 17.9 Å². The first-order chi connectivity index (χ1) is 8.76. The third-order valence-corrected chi connectivity index (χ3v) is 3.63. The largest absolute Gasteiger partial charge is 0.384 e. The number of rotatable bonds is 3. The molecule has 1 atom stereocenters.